The molecule has 188 valence electrons. The SMILES string of the molecule is CCOC(=O)C(=O)Nc1cc(-c2ccc(S(C)(=O)=O)cc2)c(Oc2ccc(F)cc2F)cc1[N+](=O)[O-]. The predicted molar refractivity (Wildman–Crippen MR) is 123 cm³/mol. The molecule has 1 N–H and O–H groups in total. The van der Waals surface area contributed by atoms with E-state index in [9.17, 15) is 36.9 Å². The van der Waals surface area contributed by atoms with Gasteiger partial charge < -0.3 is 14.8 Å². The number of hydrogen-bond donors (Lipinski definition) is 1. The lowest BCUT2D eigenvalue weighted by Gasteiger charge is -2.15. The van der Waals surface area contributed by atoms with Crippen molar-refractivity contribution < 1.29 is 41.2 Å². The maximum Gasteiger partial charge on any atom is 0.397 e. The molecule has 3 aromatic rings. The Morgan fingerprint density at radius 1 is 1.03 bits per heavy atom. The van der Waals surface area contributed by atoms with E-state index in [2.05, 4.69) is 10.1 Å². The molecule has 36 heavy (non-hydrogen) atoms. The lowest BCUT2D eigenvalue weighted by Crippen LogP contribution is -2.25. The highest BCUT2D eigenvalue weighted by atomic mass is 32.2. The second-order valence-electron chi connectivity index (χ2n) is 7.27. The third-order valence-electron chi connectivity index (χ3n) is 4.71. The van der Waals surface area contributed by atoms with Crippen molar-refractivity contribution in [2.45, 2.75) is 11.8 Å². The highest BCUT2D eigenvalue weighted by molar-refractivity contribution is 7.90. The summed E-state index contributed by atoms with van der Waals surface area (Å²) in [5, 5.41) is 13.8. The minimum absolute atomic E-state index is 0.0175. The zero-order valence-electron chi connectivity index (χ0n) is 18.8. The van der Waals surface area contributed by atoms with E-state index in [-0.39, 0.29) is 28.4 Å². The Balaban J connectivity index is 2.19. The smallest absolute Gasteiger partial charge is 0.397 e. The summed E-state index contributed by atoms with van der Waals surface area (Å²) in [7, 11) is -3.54. The number of esters is 1. The van der Waals surface area contributed by atoms with Crippen molar-refractivity contribution in [1.82, 2.24) is 0 Å². The van der Waals surface area contributed by atoms with Crippen LogP contribution in [0.1, 0.15) is 6.92 Å². The Morgan fingerprint density at radius 3 is 2.25 bits per heavy atom. The van der Waals surface area contributed by atoms with Gasteiger partial charge in [0, 0.05) is 17.9 Å². The molecule has 0 spiro atoms. The van der Waals surface area contributed by atoms with E-state index in [0.29, 0.717) is 6.07 Å². The van der Waals surface area contributed by atoms with E-state index in [0.717, 1.165) is 30.5 Å². The maximum atomic E-state index is 14.3. The molecule has 0 bridgehead atoms. The first-order valence-electron chi connectivity index (χ1n) is 10.1. The van der Waals surface area contributed by atoms with Crippen molar-refractivity contribution in [3.8, 4) is 22.6 Å². The summed E-state index contributed by atoms with van der Waals surface area (Å²) in [6.07, 6.45) is 1.00. The summed E-state index contributed by atoms with van der Waals surface area (Å²) >= 11 is 0. The number of rotatable bonds is 7. The molecule has 0 unspecified atom stereocenters. The Bertz CT molecular complexity index is 1460. The van der Waals surface area contributed by atoms with Crippen LogP contribution in [-0.2, 0) is 24.2 Å². The van der Waals surface area contributed by atoms with E-state index in [1.807, 2.05) is 0 Å². The van der Waals surface area contributed by atoms with Crippen LogP contribution in [0.2, 0.25) is 0 Å². The third-order valence-corrected chi connectivity index (χ3v) is 5.84. The van der Waals surface area contributed by atoms with Crippen LogP contribution in [0.25, 0.3) is 11.1 Å². The van der Waals surface area contributed by atoms with Crippen LogP contribution in [0.4, 0.5) is 20.2 Å². The highest BCUT2D eigenvalue weighted by Crippen LogP contribution is 2.41. The van der Waals surface area contributed by atoms with Crippen LogP contribution in [-0.4, -0.2) is 38.1 Å². The first-order valence-corrected chi connectivity index (χ1v) is 12.0. The number of sulfone groups is 1. The van der Waals surface area contributed by atoms with Gasteiger partial charge in [0.1, 0.15) is 17.3 Å². The molecule has 10 nitrogen and oxygen atoms in total. The molecule has 0 aliphatic carbocycles. The number of hydrogen-bond acceptors (Lipinski definition) is 8. The van der Waals surface area contributed by atoms with Crippen molar-refractivity contribution >= 4 is 33.1 Å². The number of nitro groups is 1. The fourth-order valence-electron chi connectivity index (χ4n) is 3.06. The van der Waals surface area contributed by atoms with Gasteiger partial charge in [-0.25, -0.2) is 22.0 Å². The predicted octanol–water partition coefficient (Wildman–Crippen LogP) is 4.24. The number of nitrogens with zero attached hydrogens (tertiary/aromatic N) is 1. The number of amides is 1. The molecule has 0 radical (unpaired) electrons. The summed E-state index contributed by atoms with van der Waals surface area (Å²) in [6, 6.07) is 9.69. The minimum atomic E-state index is -3.54. The molecule has 0 atom stereocenters. The Labute approximate surface area is 203 Å². The van der Waals surface area contributed by atoms with Crippen LogP contribution in [0.15, 0.2) is 59.5 Å². The fraction of sp³-hybridized carbons (Fsp3) is 0.130. The van der Waals surface area contributed by atoms with Gasteiger partial charge >= 0.3 is 11.9 Å². The zero-order chi connectivity index (χ0) is 26.6. The van der Waals surface area contributed by atoms with Crippen molar-refractivity contribution in [3.05, 3.63) is 76.3 Å². The lowest BCUT2D eigenvalue weighted by atomic mass is 10.0. The fourth-order valence-corrected chi connectivity index (χ4v) is 3.69. The first kappa shape index (κ1) is 26.2. The molecule has 0 fully saturated rings. The van der Waals surface area contributed by atoms with E-state index in [1.165, 1.54) is 31.2 Å². The van der Waals surface area contributed by atoms with Crippen LogP contribution < -0.4 is 10.1 Å². The van der Waals surface area contributed by atoms with Gasteiger partial charge in [0.05, 0.1) is 22.5 Å². The molecular formula is C23H18F2N2O8S. The number of halogens is 2. The van der Waals surface area contributed by atoms with Gasteiger partial charge in [-0.2, -0.15) is 0 Å². The van der Waals surface area contributed by atoms with Gasteiger partial charge in [-0.05, 0) is 42.8 Å². The average molecular weight is 520 g/mol. The van der Waals surface area contributed by atoms with Crippen molar-refractivity contribution in [2.75, 3.05) is 18.2 Å². The maximum absolute atomic E-state index is 14.3. The largest absolute Gasteiger partial charge is 0.459 e. The molecule has 0 heterocycles. The second-order valence-corrected chi connectivity index (χ2v) is 9.29. The Kier molecular flexibility index (Phi) is 7.63. The van der Waals surface area contributed by atoms with Crippen molar-refractivity contribution in [3.63, 3.8) is 0 Å². The Hall–Kier alpha value is -4.39. The quantitative estimate of drug-likeness (QED) is 0.211. The summed E-state index contributed by atoms with van der Waals surface area (Å²) in [5.41, 5.74) is -0.793. The molecule has 0 aliphatic heterocycles. The van der Waals surface area contributed by atoms with Gasteiger partial charge in [0.25, 0.3) is 5.69 Å². The minimum Gasteiger partial charge on any atom is -0.459 e. The standard InChI is InChI=1S/C23H18F2N2O8S/c1-3-34-23(29)22(28)26-18-11-16(13-4-7-15(8-5-13)36(2,32)33)21(12-19(18)27(30)31)35-20-9-6-14(24)10-17(20)25/h4-12H,3H2,1-2H3,(H,26,28). The highest BCUT2D eigenvalue weighted by Gasteiger charge is 2.25. The molecule has 3 rings (SSSR count). The summed E-state index contributed by atoms with van der Waals surface area (Å²) in [6.45, 7) is 1.36. The second kappa shape index (κ2) is 10.5. The van der Waals surface area contributed by atoms with E-state index < -0.39 is 55.4 Å². The number of carbonyl (C=O) groups is 2. The Morgan fingerprint density at radius 2 is 1.69 bits per heavy atom. The summed E-state index contributed by atoms with van der Waals surface area (Å²) in [5.74, 6) is -5.25. The number of nitro benzene ring substituents is 1. The first-order chi connectivity index (χ1) is 16.9. The molecule has 1 amide bonds. The number of nitrogens with one attached hydrogen (secondary N) is 1. The molecule has 0 aromatic heterocycles. The number of carbonyl (C=O) groups excluding carboxylic acids is 2. The average Bonchev–Trinajstić information content (AvgIpc) is 2.81. The van der Waals surface area contributed by atoms with Crippen LogP contribution in [0.3, 0.4) is 0 Å². The van der Waals surface area contributed by atoms with Crippen molar-refractivity contribution in [1.29, 1.82) is 0 Å². The molecular weight excluding hydrogens is 502 g/mol. The molecule has 3 aromatic carbocycles. The van der Waals surface area contributed by atoms with Gasteiger partial charge in [0.15, 0.2) is 21.4 Å². The molecule has 0 saturated heterocycles. The number of benzene rings is 3. The van der Waals surface area contributed by atoms with Crippen LogP contribution in [0.5, 0.6) is 11.5 Å². The topological polar surface area (TPSA) is 142 Å². The zero-order valence-corrected chi connectivity index (χ0v) is 19.6. The van der Waals surface area contributed by atoms with Gasteiger partial charge in [0.2, 0.25) is 0 Å². The normalized spacial score (nSPS) is 11.0. The summed E-state index contributed by atoms with van der Waals surface area (Å²) < 4.78 is 61.3. The van der Waals surface area contributed by atoms with E-state index in [1.54, 1.807) is 0 Å². The number of anilines is 1. The van der Waals surface area contributed by atoms with Gasteiger partial charge in [-0.3, -0.25) is 14.9 Å². The van der Waals surface area contributed by atoms with E-state index in [4.69, 9.17) is 4.74 Å². The molecule has 0 saturated carbocycles. The lowest BCUT2D eigenvalue weighted by molar-refractivity contribution is -0.384. The van der Waals surface area contributed by atoms with Gasteiger partial charge in [-0.15, -0.1) is 0 Å². The van der Waals surface area contributed by atoms with Crippen molar-refractivity contribution in [2.24, 2.45) is 0 Å². The molecule has 13 heteroatoms. The number of ether oxygens (including phenoxy) is 2. The monoisotopic (exact) mass is 520 g/mol. The third kappa shape index (κ3) is 5.99. The summed E-state index contributed by atoms with van der Waals surface area (Å²) in [4.78, 5) is 34.7. The van der Waals surface area contributed by atoms with Crippen LogP contribution in [0, 0.1) is 21.7 Å². The van der Waals surface area contributed by atoms with E-state index >= 15 is 0 Å². The molecule has 0 aliphatic rings. The van der Waals surface area contributed by atoms with Gasteiger partial charge in [-0.1, -0.05) is 12.1 Å². The van der Waals surface area contributed by atoms with Crippen LogP contribution >= 0.6 is 0 Å².